The van der Waals surface area contributed by atoms with Gasteiger partial charge in [-0.25, -0.2) is 0 Å². The van der Waals surface area contributed by atoms with Gasteiger partial charge in [-0.2, -0.15) is 13.2 Å². The van der Waals surface area contributed by atoms with Gasteiger partial charge in [-0.05, 0) is 31.3 Å². The fourth-order valence-electron chi connectivity index (χ4n) is 2.04. The first-order valence-electron chi connectivity index (χ1n) is 6.76. The van der Waals surface area contributed by atoms with Gasteiger partial charge in [0.1, 0.15) is 0 Å². The van der Waals surface area contributed by atoms with E-state index in [9.17, 15) is 13.2 Å². The third-order valence-electron chi connectivity index (χ3n) is 3.20. The lowest BCUT2D eigenvalue weighted by Crippen LogP contribution is -2.45. The molecule has 0 saturated carbocycles. The second-order valence-corrected chi connectivity index (χ2v) is 5.27. The zero-order valence-corrected chi connectivity index (χ0v) is 12.0. The fourth-order valence-corrected chi connectivity index (χ4v) is 2.04. The quantitative estimate of drug-likeness (QED) is 0.690. The Morgan fingerprint density at radius 2 is 1.67 bits per heavy atom. The molecule has 0 aromatic carbocycles. The molecule has 0 aliphatic rings. The summed E-state index contributed by atoms with van der Waals surface area (Å²) < 4.78 is 37.5. The molecule has 0 heterocycles. The summed E-state index contributed by atoms with van der Waals surface area (Å²) in [5.74, 6) is 0. The average molecular weight is 268 g/mol. The summed E-state index contributed by atoms with van der Waals surface area (Å²) in [5.41, 5.74) is -0.101. The molecule has 2 nitrogen and oxygen atoms in total. The molecule has 0 bridgehead atoms. The van der Waals surface area contributed by atoms with Crippen molar-refractivity contribution in [2.24, 2.45) is 5.41 Å². The Balaban J connectivity index is 4.51. The van der Waals surface area contributed by atoms with Crippen molar-refractivity contribution in [2.75, 3.05) is 32.7 Å². The van der Waals surface area contributed by atoms with Crippen LogP contribution in [-0.4, -0.2) is 43.8 Å². The van der Waals surface area contributed by atoms with Gasteiger partial charge in [-0.3, -0.25) is 4.90 Å². The van der Waals surface area contributed by atoms with Gasteiger partial charge in [0, 0.05) is 13.1 Å². The summed E-state index contributed by atoms with van der Waals surface area (Å²) in [6, 6.07) is 0. The lowest BCUT2D eigenvalue weighted by atomic mass is 9.86. The highest BCUT2D eigenvalue weighted by molar-refractivity contribution is 4.80. The van der Waals surface area contributed by atoms with Crippen molar-refractivity contribution in [1.82, 2.24) is 10.2 Å². The molecule has 0 rings (SSSR count). The van der Waals surface area contributed by atoms with Gasteiger partial charge in [0.05, 0.1) is 6.54 Å². The third-order valence-corrected chi connectivity index (χ3v) is 3.20. The normalized spacial score (nSPS) is 16.0. The zero-order valence-electron chi connectivity index (χ0n) is 12.0. The summed E-state index contributed by atoms with van der Waals surface area (Å²) in [6.45, 7) is 9.81. The summed E-state index contributed by atoms with van der Waals surface area (Å²) in [6.07, 6.45) is -2.49. The summed E-state index contributed by atoms with van der Waals surface area (Å²) in [7, 11) is 0. The predicted molar refractivity (Wildman–Crippen MR) is 69.7 cm³/mol. The minimum atomic E-state index is -4.11. The van der Waals surface area contributed by atoms with Crippen molar-refractivity contribution < 1.29 is 13.2 Å². The standard InChI is InChI=1S/C13H27F3N2/c1-5-8-18(11-13(14,15)16)10-12(4,6-2)9-17-7-3/h17H,5-11H2,1-4H3. The molecule has 0 aliphatic heterocycles. The van der Waals surface area contributed by atoms with E-state index in [1.165, 1.54) is 4.90 Å². The maximum atomic E-state index is 12.5. The van der Waals surface area contributed by atoms with Crippen molar-refractivity contribution in [2.45, 2.75) is 46.7 Å². The van der Waals surface area contributed by atoms with Gasteiger partial charge in [0.15, 0.2) is 0 Å². The van der Waals surface area contributed by atoms with E-state index in [4.69, 9.17) is 0 Å². The van der Waals surface area contributed by atoms with Gasteiger partial charge >= 0.3 is 6.18 Å². The third kappa shape index (κ3) is 7.93. The number of nitrogens with zero attached hydrogens (tertiary/aromatic N) is 1. The Morgan fingerprint density at radius 3 is 2.06 bits per heavy atom. The number of nitrogens with one attached hydrogen (secondary N) is 1. The van der Waals surface area contributed by atoms with Gasteiger partial charge in [-0.1, -0.05) is 27.7 Å². The maximum absolute atomic E-state index is 12.5. The SMILES string of the molecule is CCCN(CC(F)(F)F)CC(C)(CC)CNCC. The lowest BCUT2D eigenvalue weighted by Gasteiger charge is -2.35. The van der Waals surface area contributed by atoms with Crippen LogP contribution in [0.25, 0.3) is 0 Å². The predicted octanol–water partition coefficient (Wildman–Crippen LogP) is 3.29. The Hall–Kier alpha value is -0.290. The summed E-state index contributed by atoms with van der Waals surface area (Å²) in [5, 5.41) is 3.24. The number of alkyl halides is 3. The summed E-state index contributed by atoms with van der Waals surface area (Å²) in [4.78, 5) is 1.53. The summed E-state index contributed by atoms with van der Waals surface area (Å²) >= 11 is 0. The van der Waals surface area contributed by atoms with Gasteiger partial charge < -0.3 is 5.32 Å². The van der Waals surface area contributed by atoms with Crippen LogP contribution in [0.1, 0.15) is 40.5 Å². The first-order valence-corrected chi connectivity index (χ1v) is 6.76. The molecule has 1 unspecified atom stereocenters. The number of rotatable bonds is 9. The smallest absolute Gasteiger partial charge is 0.316 e. The molecule has 0 aromatic heterocycles. The highest BCUT2D eigenvalue weighted by Crippen LogP contribution is 2.24. The van der Waals surface area contributed by atoms with Crippen LogP contribution in [-0.2, 0) is 0 Å². The van der Waals surface area contributed by atoms with E-state index < -0.39 is 12.7 Å². The van der Waals surface area contributed by atoms with Crippen molar-refractivity contribution in [3.63, 3.8) is 0 Å². The second kappa shape index (κ2) is 8.00. The monoisotopic (exact) mass is 268 g/mol. The lowest BCUT2D eigenvalue weighted by molar-refractivity contribution is -0.149. The molecule has 0 aromatic rings. The molecule has 0 amide bonds. The number of halogens is 3. The van der Waals surface area contributed by atoms with Crippen LogP contribution < -0.4 is 5.32 Å². The molecule has 110 valence electrons. The second-order valence-electron chi connectivity index (χ2n) is 5.27. The fraction of sp³-hybridized carbons (Fsp3) is 1.00. The Bertz CT molecular complexity index is 219. The van der Waals surface area contributed by atoms with Crippen LogP contribution >= 0.6 is 0 Å². The maximum Gasteiger partial charge on any atom is 0.401 e. The van der Waals surface area contributed by atoms with Crippen LogP contribution in [0.5, 0.6) is 0 Å². The molecule has 1 atom stereocenters. The van der Waals surface area contributed by atoms with Crippen molar-refractivity contribution in [3.8, 4) is 0 Å². The molecular weight excluding hydrogens is 241 g/mol. The molecular formula is C13H27F3N2. The Labute approximate surface area is 109 Å². The number of hydrogen-bond donors (Lipinski definition) is 1. The minimum absolute atomic E-state index is 0.101. The molecule has 0 aliphatic carbocycles. The number of hydrogen-bond acceptors (Lipinski definition) is 2. The van der Waals surface area contributed by atoms with E-state index in [0.717, 1.165) is 25.9 Å². The minimum Gasteiger partial charge on any atom is -0.316 e. The molecule has 1 N–H and O–H groups in total. The van der Waals surface area contributed by atoms with Crippen molar-refractivity contribution in [3.05, 3.63) is 0 Å². The Kier molecular flexibility index (Phi) is 7.87. The van der Waals surface area contributed by atoms with Crippen molar-refractivity contribution in [1.29, 1.82) is 0 Å². The van der Waals surface area contributed by atoms with E-state index in [1.807, 2.05) is 20.8 Å². The largest absolute Gasteiger partial charge is 0.401 e. The van der Waals surface area contributed by atoms with E-state index in [2.05, 4.69) is 12.2 Å². The average Bonchev–Trinajstić information content (AvgIpc) is 2.24. The van der Waals surface area contributed by atoms with E-state index in [0.29, 0.717) is 13.1 Å². The van der Waals surface area contributed by atoms with Crippen LogP contribution in [0.3, 0.4) is 0 Å². The molecule has 18 heavy (non-hydrogen) atoms. The van der Waals surface area contributed by atoms with E-state index >= 15 is 0 Å². The van der Waals surface area contributed by atoms with Gasteiger partial charge in [0.2, 0.25) is 0 Å². The molecule has 0 radical (unpaired) electrons. The van der Waals surface area contributed by atoms with Crippen LogP contribution in [0.15, 0.2) is 0 Å². The first-order chi connectivity index (χ1) is 8.26. The van der Waals surface area contributed by atoms with Crippen LogP contribution in [0.2, 0.25) is 0 Å². The van der Waals surface area contributed by atoms with Gasteiger partial charge in [0.25, 0.3) is 0 Å². The van der Waals surface area contributed by atoms with E-state index in [1.54, 1.807) is 0 Å². The van der Waals surface area contributed by atoms with Crippen LogP contribution in [0.4, 0.5) is 13.2 Å². The highest BCUT2D eigenvalue weighted by atomic mass is 19.4. The molecule has 0 spiro atoms. The molecule has 0 fully saturated rings. The highest BCUT2D eigenvalue weighted by Gasteiger charge is 2.33. The first kappa shape index (κ1) is 17.7. The zero-order chi connectivity index (χ0) is 14.2. The molecule has 5 heteroatoms. The Morgan fingerprint density at radius 1 is 1.06 bits per heavy atom. The van der Waals surface area contributed by atoms with E-state index in [-0.39, 0.29) is 5.41 Å². The topological polar surface area (TPSA) is 15.3 Å². The van der Waals surface area contributed by atoms with Crippen LogP contribution in [0, 0.1) is 5.41 Å². The van der Waals surface area contributed by atoms with Gasteiger partial charge in [-0.15, -0.1) is 0 Å². The van der Waals surface area contributed by atoms with Crippen molar-refractivity contribution >= 4 is 0 Å². The molecule has 0 saturated heterocycles.